The molecule has 0 amide bonds. The molecule has 0 N–H and O–H groups in total. The summed E-state index contributed by atoms with van der Waals surface area (Å²) in [5.41, 5.74) is 2.24. The molecule has 1 aliphatic carbocycles. The second kappa shape index (κ2) is 8.05. The Morgan fingerprint density at radius 3 is 2.58 bits per heavy atom. The van der Waals surface area contributed by atoms with Crippen molar-refractivity contribution < 1.29 is 22.3 Å². The first-order valence-corrected chi connectivity index (χ1v) is 11.5. The van der Waals surface area contributed by atoms with Crippen LogP contribution in [0.5, 0.6) is 0 Å². The minimum atomic E-state index is -3.57. The molecular weight excluding hydrogens is 421 g/mol. The lowest BCUT2D eigenvalue weighted by atomic mass is 10.1. The number of esters is 1. The normalized spacial score (nSPS) is 18.5. The number of sulfonamides is 1. The van der Waals surface area contributed by atoms with E-state index in [-0.39, 0.29) is 35.1 Å². The molecule has 31 heavy (non-hydrogen) atoms. The maximum Gasteiger partial charge on any atom is 0.310 e. The van der Waals surface area contributed by atoms with E-state index in [9.17, 15) is 17.6 Å². The molecule has 0 bridgehead atoms. The molecule has 164 valence electrons. The molecule has 1 saturated carbocycles. The zero-order chi connectivity index (χ0) is 22.3. The molecule has 0 radical (unpaired) electrons. The smallest absolute Gasteiger partial charge is 0.310 e. The van der Waals surface area contributed by atoms with Gasteiger partial charge in [-0.1, -0.05) is 12.1 Å². The Labute approximate surface area is 180 Å². The van der Waals surface area contributed by atoms with E-state index >= 15 is 0 Å². The fourth-order valence-electron chi connectivity index (χ4n) is 3.77. The number of benzene rings is 2. The Morgan fingerprint density at radius 1 is 1.23 bits per heavy atom. The van der Waals surface area contributed by atoms with Gasteiger partial charge in [0.15, 0.2) is 0 Å². The molecule has 2 unspecified atom stereocenters. The Bertz CT molecular complexity index is 1240. The number of aromatic nitrogens is 2. The monoisotopic (exact) mass is 445 g/mol. The molecule has 2 atom stereocenters. The van der Waals surface area contributed by atoms with Crippen LogP contribution in [0.25, 0.3) is 11.0 Å². The van der Waals surface area contributed by atoms with Gasteiger partial charge in [0.1, 0.15) is 18.2 Å². The molecule has 1 aromatic heterocycles. The summed E-state index contributed by atoms with van der Waals surface area (Å²) in [5, 5.41) is 0. The molecule has 7 nitrogen and oxygen atoms in total. The highest BCUT2D eigenvalue weighted by molar-refractivity contribution is 7.89. The fraction of sp³-hybridized carbons (Fsp3) is 0.364. The molecule has 2 aromatic carbocycles. The van der Waals surface area contributed by atoms with Crippen LogP contribution < -0.4 is 0 Å². The van der Waals surface area contributed by atoms with E-state index < -0.39 is 10.0 Å². The highest BCUT2D eigenvalue weighted by atomic mass is 32.2. The second-order valence-corrected chi connectivity index (χ2v) is 9.97. The first-order valence-electron chi connectivity index (χ1n) is 10.1. The van der Waals surface area contributed by atoms with Gasteiger partial charge in [0.2, 0.25) is 10.0 Å². The molecule has 1 fully saturated rings. The summed E-state index contributed by atoms with van der Waals surface area (Å²) in [7, 11) is -0.611. The SMILES string of the molecule is CCn1c(COC(=O)C2CC2c2ccc(F)cc2)nc2cc(S(=O)(=O)N(C)C)ccc21. The van der Waals surface area contributed by atoms with Crippen molar-refractivity contribution in [3.05, 3.63) is 59.7 Å². The molecule has 0 saturated heterocycles. The predicted octanol–water partition coefficient (Wildman–Crippen LogP) is 3.29. The number of halogens is 1. The zero-order valence-electron chi connectivity index (χ0n) is 17.6. The van der Waals surface area contributed by atoms with Crippen molar-refractivity contribution in [1.29, 1.82) is 0 Å². The fourth-order valence-corrected chi connectivity index (χ4v) is 4.69. The number of nitrogens with zero attached hydrogens (tertiary/aromatic N) is 3. The summed E-state index contributed by atoms with van der Waals surface area (Å²) in [5.74, 6) is -0.230. The number of imidazole rings is 1. The van der Waals surface area contributed by atoms with Crippen molar-refractivity contribution in [1.82, 2.24) is 13.9 Å². The van der Waals surface area contributed by atoms with Gasteiger partial charge < -0.3 is 9.30 Å². The number of aryl methyl sites for hydroxylation is 1. The summed E-state index contributed by atoms with van der Waals surface area (Å²) >= 11 is 0. The zero-order valence-corrected chi connectivity index (χ0v) is 18.4. The molecule has 3 aromatic rings. The predicted molar refractivity (Wildman–Crippen MR) is 113 cm³/mol. The summed E-state index contributed by atoms with van der Waals surface area (Å²) in [6.07, 6.45) is 0.681. The summed E-state index contributed by atoms with van der Waals surface area (Å²) in [4.78, 5) is 17.2. The minimum Gasteiger partial charge on any atom is -0.457 e. The van der Waals surface area contributed by atoms with Gasteiger partial charge in [-0.3, -0.25) is 4.79 Å². The van der Waals surface area contributed by atoms with Crippen LogP contribution in [0.15, 0.2) is 47.4 Å². The quantitative estimate of drug-likeness (QED) is 0.521. The lowest BCUT2D eigenvalue weighted by Gasteiger charge is -2.11. The van der Waals surface area contributed by atoms with Gasteiger partial charge >= 0.3 is 5.97 Å². The maximum atomic E-state index is 13.1. The van der Waals surface area contributed by atoms with Crippen LogP contribution in [-0.2, 0) is 32.7 Å². The molecule has 4 rings (SSSR count). The Hall–Kier alpha value is -2.78. The van der Waals surface area contributed by atoms with E-state index in [4.69, 9.17) is 4.74 Å². The molecule has 1 aliphatic rings. The average Bonchev–Trinajstić information content (AvgIpc) is 3.46. The highest BCUT2D eigenvalue weighted by Gasteiger charge is 2.45. The van der Waals surface area contributed by atoms with Crippen LogP contribution in [0, 0.1) is 11.7 Å². The topological polar surface area (TPSA) is 81.5 Å². The second-order valence-electron chi connectivity index (χ2n) is 7.82. The van der Waals surface area contributed by atoms with E-state index in [2.05, 4.69) is 4.98 Å². The van der Waals surface area contributed by atoms with Crippen LogP contribution in [0.2, 0.25) is 0 Å². The third-order valence-electron chi connectivity index (χ3n) is 5.63. The van der Waals surface area contributed by atoms with Crippen molar-refractivity contribution >= 4 is 27.0 Å². The van der Waals surface area contributed by atoms with Crippen LogP contribution in [0.1, 0.15) is 30.7 Å². The van der Waals surface area contributed by atoms with Crippen LogP contribution >= 0.6 is 0 Å². The largest absolute Gasteiger partial charge is 0.457 e. The van der Waals surface area contributed by atoms with Crippen molar-refractivity contribution in [2.24, 2.45) is 5.92 Å². The van der Waals surface area contributed by atoms with E-state index in [0.29, 0.717) is 24.3 Å². The number of hydrogen-bond acceptors (Lipinski definition) is 5. The van der Waals surface area contributed by atoms with Gasteiger partial charge in [0.05, 0.1) is 21.8 Å². The lowest BCUT2D eigenvalue weighted by Crippen LogP contribution is -2.22. The number of carbonyl (C=O) groups is 1. The standard InChI is InChI=1S/C22H24FN3O4S/c1-4-26-20-10-9-16(31(28,29)25(2)3)11-19(20)24-21(26)13-30-22(27)18-12-17(18)14-5-7-15(23)8-6-14/h5-11,17-18H,4,12-13H2,1-3H3. The summed E-state index contributed by atoms with van der Waals surface area (Å²) in [6.45, 7) is 2.55. The summed E-state index contributed by atoms with van der Waals surface area (Å²) < 4.78 is 46.5. The average molecular weight is 446 g/mol. The molecule has 9 heteroatoms. The Kier molecular flexibility index (Phi) is 5.57. The first kappa shape index (κ1) is 21.5. The third-order valence-corrected chi connectivity index (χ3v) is 7.44. The van der Waals surface area contributed by atoms with Gasteiger partial charge in [-0.25, -0.2) is 22.1 Å². The van der Waals surface area contributed by atoms with Crippen molar-refractivity contribution in [3.63, 3.8) is 0 Å². The van der Waals surface area contributed by atoms with Gasteiger partial charge in [-0.05, 0) is 55.2 Å². The van der Waals surface area contributed by atoms with E-state index in [1.807, 2.05) is 11.5 Å². The number of hydrogen-bond donors (Lipinski definition) is 0. The van der Waals surface area contributed by atoms with Crippen LogP contribution in [0.3, 0.4) is 0 Å². The van der Waals surface area contributed by atoms with E-state index in [0.717, 1.165) is 15.4 Å². The number of ether oxygens (including phenoxy) is 1. The molecular formula is C22H24FN3O4S. The third kappa shape index (κ3) is 4.07. The Balaban J connectivity index is 1.49. The maximum absolute atomic E-state index is 13.1. The Morgan fingerprint density at radius 2 is 1.94 bits per heavy atom. The van der Waals surface area contributed by atoms with Gasteiger partial charge in [0.25, 0.3) is 0 Å². The molecule has 1 heterocycles. The van der Waals surface area contributed by atoms with Crippen molar-refractivity contribution in [3.8, 4) is 0 Å². The minimum absolute atomic E-state index is 0.00373. The lowest BCUT2D eigenvalue weighted by molar-refractivity contribution is -0.146. The number of carbonyl (C=O) groups excluding carboxylic acids is 1. The van der Waals surface area contributed by atoms with Crippen molar-refractivity contribution in [2.75, 3.05) is 14.1 Å². The van der Waals surface area contributed by atoms with Gasteiger partial charge in [-0.2, -0.15) is 0 Å². The summed E-state index contributed by atoms with van der Waals surface area (Å²) in [6, 6.07) is 11.0. The van der Waals surface area contributed by atoms with E-state index in [1.165, 1.54) is 32.3 Å². The highest BCUT2D eigenvalue weighted by Crippen LogP contribution is 2.48. The van der Waals surface area contributed by atoms with Gasteiger partial charge in [-0.15, -0.1) is 0 Å². The van der Waals surface area contributed by atoms with Crippen LogP contribution in [0.4, 0.5) is 4.39 Å². The number of fused-ring (bicyclic) bond motifs is 1. The van der Waals surface area contributed by atoms with Crippen LogP contribution in [-0.4, -0.2) is 42.3 Å². The van der Waals surface area contributed by atoms with E-state index in [1.54, 1.807) is 24.3 Å². The van der Waals surface area contributed by atoms with Crippen molar-refractivity contribution in [2.45, 2.75) is 37.3 Å². The molecule has 0 spiro atoms. The van der Waals surface area contributed by atoms with Gasteiger partial charge in [0, 0.05) is 20.6 Å². The number of rotatable bonds is 7. The molecule has 0 aliphatic heterocycles. The first-order chi connectivity index (χ1) is 14.7.